The Morgan fingerprint density at radius 1 is 1.19 bits per heavy atom. The average Bonchev–Trinajstić information content (AvgIpc) is 2.73. The molecule has 0 bridgehead atoms. The zero-order valence-electron chi connectivity index (χ0n) is 12.6. The molecule has 1 N–H and O–H groups in total. The summed E-state index contributed by atoms with van der Waals surface area (Å²) < 4.78 is 28.0. The van der Waals surface area contributed by atoms with E-state index in [-0.39, 0.29) is 12.3 Å². The molecule has 5 nitrogen and oxygen atoms in total. The predicted molar refractivity (Wildman–Crippen MR) is 84.0 cm³/mol. The fourth-order valence-electron chi connectivity index (χ4n) is 2.27. The molecule has 0 amide bonds. The first kappa shape index (κ1) is 15.7. The number of rotatable bonds is 6. The van der Waals surface area contributed by atoms with Crippen LogP contribution in [0.3, 0.4) is 0 Å². The Kier molecular flexibility index (Phi) is 4.80. The summed E-state index contributed by atoms with van der Waals surface area (Å²) in [6.07, 6.45) is 0.608. The number of benzene rings is 1. The predicted octanol–water partition coefficient (Wildman–Crippen LogP) is 2.32. The number of nitrogens with one attached hydrogen (secondary N) is 1. The minimum absolute atomic E-state index is 0.151. The number of para-hydroxylation sites is 1. The molecular formula is C15H21N3O2S. The molecule has 0 aliphatic heterocycles. The summed E-state index contributed by atoms with van der Waals surface area (Å²) in [6, 6.07) is 9.81. The van der Waals surface area contributed by atoms with Crippen molar-refractivity contribution >= 4 is 10.0 Å². The zero-order valence-corrected chi connectivity index (χ0v) is 13.4. The van der Waals surface area contributed by atoms with Crippen LogP contribution in [0.25, 0.3) is 5.69 Å². The molecule has 2 aromatic rings. The minimum Gasteiger partial charge on any atom is -0.238 e. The van der Waals surface area contributed by atoms with Crippen molar-refractivity contribution in [1.82, 2.24) is 14.5 Å². The maximum atomic E-state index is 11.8. The highest BCUT2D eigenvalue weighted by atomic mass is 32.2. The molecular weight excluding hydrogens is 286 g/mol. The molecule has 1 aromatic heterocycles. The van der Waals surface area contributed by atoms with Gasteiger partial charge in [0.05, 0.1) is 17.1 Å². The zero-order chi connectivity index (χ0) is 15.5. The first-order chi connectivity index (χ1) is 9.94. The minimum atomic E-state index is -3.21. The molecule has 0 aliphatic rings. The number of hydrogen-bond acceptors (Lipinski definition) is 3. The van der Waals surface area contributed by atoms with Gasteiger partial charge in [0.15, 0.2) is 0 Å². The van der Waals surface area contributed by atoms with Gasteiger partial charge < -0.3 is 0 Å². The average molecular weight is 307 g/mol. The Morgan fingerprint density at radius 2 is 1.86 bits per heavy atom. The number of aryl methyl sites for hydroxylation is 1. The van der Waals surface area contributed by atoms with Crippen LogP contribution in [0.1, 0.15) is 30.3 Å². The Labute approximate surface area is 126 Å². The number of nitrogens with zero attached hydrogens (tertiary/aromatic N) is 2. The van der Waals surface area contributed by atoms with Crippen LogP contribution in [0.2, 0.25) is 0 Å². The van der Waals surface area contributed by atoms with Gasteiger partial charge in [-0.1, -0.05) is 25.1 Å². The van der Waals surface area contributed by atoms with E-state index in [1.165, 1.54) is 0 Å². The molecule has 0 saturated carbocycles. The summed E-state index contributed by atoms with van der Waals surface area (Å²) in [4.78, 5) is 0. The number of sulfonamides is 1. The van der Waals surface area contributed by atoms with Gasteiger partial charge in [-0.05, 0) is 32.4 Å². The van der Waals surface area contributed by atoms with E-state index in [4.69, 9.17) is 0 Å². The van der Waals surface area contributed by atoms with E-state index in [1.807, 2.05) is 55.8 Å². The maximum absolute atomic E-state index is 11.8. The van der Waals surface area contributed by atoms with E-state index in [9.17, 15) is 8.42 Å². The highest BCUT2D eigenvalue weighted by Gasteiger charge is 2.15. The lowest BCUT2D eigenvalue weighted by atomic mass is 10.2. The fourth-order valence-corrected chi connectivity index (χ4v) is 3.32. The van der Waals surface area contributed by atoms with Crippen molar-refractivity contribution in [2.75, 3.05) is 5.75 Å². The highest BCUT2D eigenvalue weighted by molar-refractivity contribution is 7.89. The van der Waals surface area contributed by atoms with E-state index in [1.54, 1.807) is 0 Å². The standard InChI is InChI=1S/C15H21N3O2S/c1-4-10-21(19,20)16-11-15-12(2)17-18(13(15)3)14-8-6-5-7-9-14/h5-9,16H,4,10-11H2,1-3H3. The molecule has 0 aliphatic carbocycles. The van der Waals surface area contributed by atoms with Crippen LogP contribution < -0.4 is 4.72 Å². The van der Waals surface area contributed by atoms with E-state index >= 15 is 0 Å². The molecule has 6 heteroatoms. The van der Waals surface area contributed by atoms with Gasteiger partial charge >= 0.3 is 0 Å². The lowest BCUT2D eigenvalue weighted by molar-refractivity contribution is 0.579. The van der Waals surface area contributed by atoms with Crippen LogP contribution >= 0.6 is 0 Å². The Hall–Kier alpha value is -1.66. The molecule has 0 atom stereocenters. The second kappa shape index (κ2) is 6.41. The van der Waals surface area contributed by atoms with Gasteiger partial charge in [0.1, 0.15) is 0 Å². The topological polar surface area (TPSA) is 64.0 Å². The van der Waals surface area contributed by atoms with Crippen molar-refractivity contribution in [3.63, 3.8) is 0 Å². The normalized spacial score (nSPS) is 11.8. The van der Waals surface area contributed by atoms with Crippen LogP contribution in [0.5, 0.6) is 0 Å². The molecule has 0 fully saturated rings. The first-order valence-electron chi connectivity index (χ1n) is 7.02. The van der Waals surface area contributed by atoms with Crippen LogP contribution in [-0.4, -0.2) is 24.0 Å². The van der Waals surface area contributed by atoms with Crippen LogP contribution in [0.4, 0.5) is 0 Å². The highest BCUT2D eigenvalue weighted by Crippen LogP contribution is 2.17. The first-order valence-corrected chi connectivity index (χ1v) is 8.67. The summed E-state index contributed by atoms with van der Waals surface area (Å²) in [7, 11) is -3.21. The maximum Gasteiger partial charge on any atom is 0.211 e. The molecule has 114 valence electrons. The van der Waals surface area contributed by atoms with Crippen LogP contribution in [-0.2, 0) is 16.6 Å². The third-order valence-electron chi connectivity index (χ3n) is 3.38. The van der Waals surface area contributed by atoms with Gasteiger partial charge in [-0.15, -0.1) is 0 Å². The lowest BCUT2D eigenvalue weighted by Gasteiger charge is -2.07. The molecule has 0 spiro atoms. The Bertz CT molecular complexity index is 706. The van der Waals surface area contributed by atoms with Gasteiger partial charge in [-0.3, -0.25) is 0 Å². The van der Waals surface area contributed by atoms with Gasteiger partial charge in [0.25, 0.3) is 0 Å². The van der Waals surface area contributed by atoms with Crippen molar-refractivity contribution in [1.29, 1.82) is 0 Å². The summed E-state index contributed by atoms with van der Waals surface area (Å²) in [5.74, 6) is 0.151. The van der Waals surface area contributed by atoms with E-state index in [0.29, 0.717) is 6.42 Å². The van der Waals surface area contributed by atoms with Crippen LogP contribution in [0.15, 0.2) is 30.3 Å². The third kappa shape index (κ3) is 3.71. The summed E-state index contributed by atoms with van der Waals surface area (Å²) in [5.41, 5.74) is 3.70. The second-order valence-corrected chi connectivity index (χ2v) is 6.96. The molecule has 21 heavy (non-hydrogen) atoms. The summed E-state index contributed by atoms with van der Waals surface area (Å²) >= 11 is 0. The van der Waals surface area contributed by atoms with E-state index < -0.39 is 10.0 Å². The van der Waals surface area contributed by atoms with Gasteiger partial charge in [0, 0.05) is 17.8 Å². The quantitative estimate of drug-likeness (QED) is 0.891. The van der Waals surface area contributed by atoms with Gasteiger partial charge in [-0.25, -0.2) is 17.8 Å². The SMILES string of the molecule is CCCS(=O)(=O)NCc1c(C)nn(-c2ccccc2)c1C. The number of aromatic nitrogens is 2. The Balaban J connectivity index is 2.25. The Morgan fingerprint density at radius 3 is 2.48 bits per heavy atom. The van der Waals surface area contributed by atoms with Crippen molar-refractivity contribution in [3.05, 3.63) is 47.3 Å². The summed E-state index contributed by atoms with van der Waals surface area (Å²) in [6.45, 7) is 5.99. The second-order valence-electron chi connectivity index (χ2n) is 5.04. The molecule has 1 heterocycles. The van der Waals surface area contributed by atoms with E-state index in [2.05, 4.69) is 9.82 Å². The molecule has 2 rings (SSSR count). The fraction of sp³-hybridized carbons (Fsp3) is 0.400. The van der Waals surface area contributed by atoms with Gasteiger partial charge in [-0.2, -0.15) is 5.10 Å². The van der Waals surface area contributed by atoms with Crippen molar-refractivity contribution < 1.29 is 8.42 Å². The van der Waals surface area contributed by atoms with Crippen molar-refractivity contribution in [3.8, 4) is 5.69 Å². The number of hydrogen-bond donors (Lipinski definition) is 1. The monoisotopic (exact) mass is 307 g/mol. The largest absolute Gasteiger partial charge is 0.238 e. The van der Waals surface area contributed by atoms with E-state index in [0.717, 1.165) is 22.6 Å². The summed E-state index contributed by atoms with van der Waals surface area (Å²) in [5, 5.41) is 4.51. The van der Waals surface area contributed by atoms with Gasteiger partial charge in [0.2, 0.25) is 10.0 Å². The molecule has 0 unspecified atom stereocenters. The molecule has 1 aromatic carbocycles. The smallest absolute Gasteiger partial charge is 0.211 e. The van der Waals surface area contributed by atoms with Crippen molar-refractivity contribution in [2.45, 2.75) is 33.7 Å². The van der Waals surface area contributed by atoms with Crippen molar-refractivity contribution in [2.24, 2.45) is 0 Å². The molecule has 0 radical (unpaired) electrons. The van der Waals surface area contributed by atoms with Crippen LogP contribution in [0, 0.1) is 13.8 Å². The lowest BCUT2D eigenvalue weighted by Crippen LogP contribution is -2.26. The third-order valence-corrected chi connectivity index (χ3v) is 4.91. The molecule has 0 saturated heterocycles.